The van der Waals surface area contributed by atoms with Crippen LogP contribution >= 0.6 is 43.2 Å². The zero-order valence-electron chi connectivity index (χ0n) is 15.3. The van der Waals surface area contributed by atoms with Crippen molar-refractivity contribution in [3.8, 4) is 43.9 Å². The van der Waals surface area contributed by atoms with Gasteiger partial charge < -0.3 is 18.9 Å². The molecule has 0 spiro atoms. The highest BCUT2D eigenvalue weighted by molar-refractivity contribution is 9.10. The summed E-state index contributed by atoms with van der Waals surface area (Å²) >= 11 is 8.72. The molecule has 0 aliphatic heterocycles. The Morgan fingerprint density at radius 1 is 0.630 bits per heavy atom. The number of halogens is 2. The summed E-state index contributed by atoms with van der Waals surface area (Å²) in [5, 5.41) is 0. The minimum absolute atomic E-state index is 0.710. The third-order valence-corrected chi connectivity index (χ3v) is 6.55. The summed E-state index contributed by atoms with van der Waals surface area (Å²) in [4.78, 5) is 1.97. The first-order chi connectivity index (χ1) is 13.0. The summed E-state index contributed by atoms with van der Waals surface area (Å²) in [6, 6.07) is 11.9. The molecule has 0 fully saturated rings. The second-order valence-corrected chi connectivity index (χ2v) is 8.25. The minimum Gasteiger partial charge on any atom is -0.496 e. The molecule has 0 radical (unpaired) electrons. The first-order valence-electron chi connectivity index (χ1n) is 7.96. The Bertz CT molecular complexity index is 893. The van der Waals surface area contributed by atoms with E-state index in [-0.39, 0.29) is 0 Å². The van der Waals surface area contributed by atoms with E-state index in [1.54, 1.807) is 39.8 Å². The van der Waals surface area contributed by atoms with Crippen LogP contribution in [0.3, 0.4) is 0 Å². The smallest absolute Gasteiger partial charge is 0.180 e. The molecule has 2 aromatic carbocycles. The molecule has 0 N–H and O–H groups in total. The second-order valence-electron chi connectivity index (χ2n) is 5.53. The van der Waals surface area contributed by atoms with Gasteiger partial charge in [0.05, 0.1) is 47.1 Å². The largest absolute Gasteiger partial charge is 0.496 e. The number of rotatable bonds is 6. The summed E-state index contributed by atoms with van der Waals surface area (Å²) in [5.41, 5.74) is 2.03. The molecule has 0 saturated carbocycles. The molecule has 3 rings (SSSR count). The van der Waals surface area contributed by atoms with Crippen molar-refractivity contribution in [3.63, 3.8) is 0 Å². The Hall–Kier alpha value is -1.70. The lowest BCUT2D eigenvalue weighted by Crippen LogP contribution is -1.90. The Labute approximate surface area is 179 Å². The summed E-state index contributed by atoms with van der Waals surface area (Å²) in [5.74, 6) is 2.98. The van der Waals surface area contributed by atoms with Crippen LogP contribution in [0.2, 0.25) is 0 Å². The van der Waals surface area contributed by atoms with Gasteiger partial charge in [-0.2, -0.15) is 0 Å². The monoisotopic (exact) mass is 512 g/mol. The molecule has 27 heavy (non-hydrogen) atoms. The van der Waals surface area contributed by atoms with Gasteiger partial charge >= 0.3 is 0 Å². The molecule has 0 unspecified atom stereocenters. The number of thiophene rings is 1. The number of ether oxygens (including phenoxy) is 4. The fourth-order valence-electron chi connectivity index (χ4n) is 2.77. The average Bonchev–Trinajstić information content (AvgIpc) is 3.06. The lowest BCUT2D eigenvalue weighted by atomic mass is 10.1. The molecule has 0 bridgehead atoms. The van der Waals surface area contributed by atoms with Gasteiger partial charge in [0.1, 0.15) is 11.5 Å². The van der Waals surface area contributed by atoms with Gasteiger partial charge in [-0.05, 0) is 79.4 Å². The van der Waals surface area contributed by atoms with Crippen LogP contribution in [-0.4, -0.2) is 28.4 Å². The van der Waals surface area contributed by atoms with E-state index < -0.39 is 0 Å². The molecule has 0 amide bonds. The van der Waals surface area contributed by atoms with Crippen molar-refractivity contribution in [1.29, 1.82) is 0 Å². The van der Waals surface area contributed by atoms with Crippen LogP contribution < -0.4 is 18.9 Å². The van der Waals surface area contributed by atoms with Crippen molar-refractivity contribution in [2.24, 2.45) is 0 Å². The highest BCUT2D eigenvalue weighted by Gasteiger charge is 2.23. The fourth-order valence-corrected chi connectivity index (χ4v) is 5.08. The number of hydrogen-bond donors (Lipinski definition) is 0. The molecule has 7 heteroatoms. The van der Waals surface area contributed by atoms with Gasteiger partial charge in [0.15, 0.2) is 11.5 Å². The van der Waals surface area contributed by atoms with Crippen LogP contribution in [0.5, 0.6) is 23.0 Å². The zero-order chi connectivity index (χ0) is 19.6. The third kappa shape index (κ3) is 3.81. The number of benzene rings is 2. The van der Waals surface area contributed by atoms with Crippen molar-refractivity contribution in [1.82, 2.24) is 0 Å². The first kappa shape index (κ1) is 20.0. The average molecular weight is 514 g/mol. The molecule has 0 saturated heterocycles. The molecule has 0 atom stereocenters. The van der Waals surface area contributed by atoms with Crippen molar-refractivity contribution < 1.29 is 18.9 Å². The van der Waals surface area contributed by atoms with Crippen LogP contribution in [0.15, 0.2) is 45.3 Å². The summed E-state index contributed by atoms with van der Waals surface area (Å²) in [6.07, 6.45) is 0. The van der Waals surface area contributed by atoms with E-state index in [1.807, 2.05) is 36.4 Å². The van der Waals surface area contributed by atoms with Gasteiger partial charge in [-0.3, -0.25) is 0 Å². The number of methoxy groups -OCH3 is 4. The summed E-state index contributed by atoms with van der Waals surface area (Å²) in [7, 11) is 6.60. The Balaban J connectivity index is 2.17. The molecule has 142 valence electrons. The maximum absolute atomic E-state index is 5.70. The maximum Gasteiger partial charge on any atom is 0.180 e. The molecule has 0 aliphatic carbocycles. The summed E-state index contributed by atoms with van der Waals surface area (Å²) in [6.45, 7) is 0. The van der Waals surface area contributed by atoms with Crippen LogP contribution in [0, 0.1) is 0 Å². The van der Waals surface area contributed by atoms with Gasteiger partial charge in [-0.25, -0.2) is 0 Å². The van der Waals surface area contributed by atoms with Crippen LogP contribution in [0.4, 0.5) is 0 Å². The molecular formula is C20H18Br2O4S. The molecule has 1 aromatic heterocycles. The SMILES string of the molecule is COc1ccc(-c2sc(-c3ccc(OC)c(Br)c3)c(OC)c2OC)cc1Br. The fraction of sp³-hybridized carbons (Fsp3) is 0.200. The normalized spacial score (nSPS) is 10.6. The highest BCUT2D eigenvalue weighted by atomic mass is 79.9. The van der Waals surface area contributed by atoms with Gasteiger partial charge in [-0.1, -0.05) is 0 Å². The predicted octanol–water partition coefficient (Wildman–Crippen LogP) is 6.64. The maximum atomic E-state index is 5.70. The van der Waals surface area contributed by atoms with Gasteiger partial charge in [0.25, 0.3) is 0 Å². The quantitative estimate of drug-likeness (QED) is 0.370. The molecule has 1 heterocycles. The van der Waals surface area contributed by atoms with E-state index in [2.05, 4.69) is 31.9 Å². The van der Waals surface area contributed by atoms with Crippen LogP contribution in [0.25, 0.3) is 20.9 Å². The van der Waals surface area contributed by atoms with Crippen LogP contribution in [-0.2, 0) is 0 Å². The molecule has 4 nitrogen and oxygen atoms in total. The van der Waals surface area contributed by atoms with Gasteiger partial charge in [0.2, 0.25) is 0 Å². The number of hydrogen-bond acceptors (Lipinski definition) is 5. The first-order valence-corrected chi connectivity index (χ1v) is 10.4. The molecule has 3 aromatic rings. The van der Waals surface area contributed by atoms with E-state index in [0.717, 1.165) is 41.3 Å². The van der Waals surface area contributed by atoms with E-state index >= 15 is 0 Å². The van der Waals surface area contributed by atoms with E-state index in [9.17, 15) is 0 Å². The summed E-state index contributed by atoms with van der Waals surface area (Å²) < 4.78 is 23.8. The van der Waals surface area contributed by atoms with Crippen molar-refractivity contribution in [2.75, 3.05) is 28.4 Å². The standard InChI is InChI=1S/C20H18Br2O4S/c1-23-15-7-5-11(9-13(15)21)19-17(25-3)18(26-4)20(27-19)12-6-8-16(24-2)14(22)10-12/h5-10H,1-4H3. The van der Waals surface area contributed by atoms with E-state index in [0.29, 0.717) is 11.5 Å². The van der Waals surface area contributed by atoms with Gasteiger partial charge in [-0.15, -0.1) is 11.3 Å². The lowest BCUT2D eigenvalue weighted by molar-refractivity contribution is 0.360. The topological polar surface area (TPSA) is 36.9 Å². The molecule has 0 aliphatic rings. The lowest BCUT2D eigenvalue weighted by Gasteiger charge is -2.08. The van der Waals surface area contributed by atoms with E-state index in [4.69, 9.17) is 18.9 Å². The van der Waals surface area contributed by atoms with E-state index in [1.165, 1.54) is 0 Å². The second kappa shape index (κ2) is 8.54. The third-order valence-electron chi connectivity index (χ3n) is 4.06. The Morgan fingerprint density at radius 3 is 1.33 bits per heavy atom. The highest BCUT2D eigenvalue weighted by Crippen LogP contribution is 2.53. The Kier molecular flexibility index (Phi) is 6.34. The van der Waals surface area contributed by atoms with Crippen molar-refractivity contribution in [2.45, 2.75) is 0 Å². The molecular weight excluding hydrogens is 496 g/mol. The predicted molar refractivity (Wildman–Crippen MR) is 117 cm³/mol. The van der Waals surface area contributed by atoms with Crippen molar-refractivity contribution in [3.05, 3.63) is 45.3 Å². The van der Waals surface area contributed by atoms with Crippen molar-refractivity contribution >= 4 is 43.2 Å². The minimum atomic E-state index is 0.710. The van der Waals surface area contributed by atoms with Gasteiger partial charge in [0, 0.05) is 0 Å². The Morgan fingerprint density at radius 2 is 1.04 bits per heavy atom. The van der Waals surface area contributed by atoms with Crippen LogP contribution in [0.1, 0.15) is 0 Å². The zero-order valence-corrected chi connectivity index (χ0v) is 19.2.